The summed E-state index contributed by atoms with van der Waals surface area (Å²) >= 11 is 5.14. The zero-order chi connectivity index (χ0) is 11.5. The molecule has 0 bridgehead atoms. The van der Waals surface area contributed by atoms with E-state index in [-0.39, 0.29) is 0 Å². The molecular formula is C12H12BrNOS. The summed E-state index contributed by atoms with van der Waals surface area (Å²) in [6.45, 7) is 1.87. The van der Waals surface area contributed by atoms with Crippen LogP contribution in [0, 0.1) is 6.92 Å². The number of aromatic nitrogens is 1. The summed E-state index contributed by atoms with van der Waals surface area (Å²) in [6, 6.07) is 8.36. The van der Waals surface area contributed by atoms with Gasteiger partial charge in [0.05, 0.1) is 5.33 Å². The molecule has 2 nitrogen and oxygen atoms in total. The molecule has 16 heavy (non-hydrogen) atoms. The van der Waals surface area contributed by atoms with E-state index in [1.54, 1.807) is 11.8 Å². The fourth-order valence-electron chi connectivity index (χ4n) is 1.53. The van der Waals surface area contributed by atoms with Gasteiger partial charge in [-0.1, -0.05) is 28.1 Å². The van der Waals surface area contributed by atoms with Crippen molar-refractivity contribution in [2.24, 2.45) is 0 Å². The normalized spacial score (nSPS) is 10.7. The Kier molecular flexibility index (Phi) is 3.71. The predicted molar refractivity (Wildman–Crippen MR) is 71.1 cm³/mol. The summed E-state index contributed by atoms with van der Waals surface area (Å²) in [4.78, 5) is 5.66. The summed E-state index contributed by atoms with van der Waals surface area (Å²) in [7, 11) is 0. The number of oxazole rings is 1. The molecule has 0 fully saturated rings. The standard InChI is InChI=1S/C12H12BrNOS/c1-8-14-12(11(7-13)15-8)9-3-5-10(16-2)6-4-9/h3-6H,7H2,1-2H3. The van der Waals surface area contributed by atoms with Gasteiger partial charge in [0, 0.05) is 17.4 Å². The van der Waals surface area contributed by atoms with Gasteiger partial charge in [0.15, 0.2) is 5.89 Å². The summed E-state index contributed by atoms with van der Waals surface area (Å²) in [5, 5.41) is 0.688. The highest BCUT2D eigenvalue weighted by Gasteiger charge is 2.11. The van der Waals surface area contributed by atoms with E-state index in [0.29, 0.717) is 11.2 Å². The molecule has 1 aromatic carbocycles. The summed E-state index contributed by atoms with van der Waals surface area (Å²) in [5.74, 6) is 1.59. The Morgan fingerprint density at radius 3 is 2.56 bits per heavy atom. The van der Waals surface area contributed by atoms with E-state index >= 15 is 0 Å². The Morgan fingerprint density at radius 1 is 1.31 bits per heavy atom. The number of aryl methyl sites for hydroxylation is 1. The monoisotopic (exact) mass is 297 g/mol. The first-order chi connectivity index (χ1) is 7.74. The molecule has 0 saturated heterocycles. The molecule has 84 valence electrons. The Morgan fingerprint density at radius 2 is 2.00 bits per heavy atom. The number of hydrogen-bond donors (Lipinski definition) is 0. The first-order valence-electron chi connectivity index (χ1n) is 4.91. The molecule has 0 aliphatic rings. The number of benzene rings is 1. The van der Waals surface area contributed by atoms with Crippen LogP contribution in [0.2, 0.25) is 0 Å². The van der Waals surface area contributed by atoms with Gasteiger partial charge in [-0.3, -0.25) is 0 Å². The van der Waals surface area contributed by atoms with Crippen LogP contribution in [0.25, 0.3) is 11.3 Å². The topological polar surface area (TPSA) is 26.0 Å². The fraction of sp³-hybridized carbons (Fsp3) is 0.250. The highest BCUT2D eigenvalue weighted by molar-refractivity contribution is 9.08. The lowest BCUT2D eigenvalue weighted by atomic mass is 10.1. The van der Waals surface area contributed by atoms with Crippen molar-refractivity contribution in [3.05, 3.63) is 35.9 Å². The second kappa shape index (κ2) is 5.06. The lowest BCUT2D eigenvalue weighted by Crippen LogP contribution is -1.83. The zero-order valence-corrected chi connectivity index (χ0v) is 11.6. The molecule has 0 atom stereocenters. The van der Waals surface area contributed by atoms with Gasteiger partial charge in [-0.05, 0) is 18.4 Å². The maximum atomic E-state index is 5.51. The van der Waals surface area contributed by atoms with Gasteiger partial charge < -0.3 is 4.42 Å². The van der Waals surface area contributed by atoms with Crippen molar-refractivity contribution >= 4 is 27.7 Å². The number of alkyl halides is 1. The van der Waals surface area contributed by atoms with Crippen molar-refractivity contribution in [1.29, 1.82) is 0 Å². The summed E-state index contributed by atoms with van der Waals surface area (Å²) in [5.41, 5.74) is 2.03. The number of thioether (sulfide) groups is 1. The Balaban J connectivity index is 2.41. The van der Waals surface area contributed by atoms with Crippen LogP contribution in [-0.4, -0.2) is 11.2 Å². The third-order valence-electron chi connectivity index (χ3n) is 2.29. The number of rotatable bonds is 3. The molecule has 2 rings (SSSR count). The third kappa shape index (κ3) is 2.33. The van der Waals surface area contributed by atoms with Crippen LogP contribution in [0.15, 0.2) is 33.6 Å². The van der Waals surface area contributed by atoms with Crippen molar-refractivity contribution in [3.63, 3.8) is 0 Å². The SMILES string of the molecule is CSc1ccc(-c2nc(C)oc2CBr)cc1. The van der Waals surface area contributed by atoms with Gasteiger partial charge in [-0.15, -0.1) is 11.8 Å². The summed E-state index contributed by atoms with van der Waals surface area (Å²) in [6.07, 6.45) is 2.07. The number of hydrogen-bond acceptors (Lipinski definition) is 3. The van der Waals surface area contributed by atoms with Gasteiger partial charge >= 0.3 is 0 Å². The van der Waals surface area contributed by atoms with Gasteiger partial charge in [0.25, 0.3) is 0 Å². The minimum atomic E-state index is 0.688. The van der Waals surface area contributed by atoms with Crippen LogP contribution in [0.3, 0.4) is 0 Å². The Bertz CT molecular complexity index is 478. The first kappa shape index (κ1) is 11.7. The van der Waals surface area contributed by atoms with Crippen LogP contribution in [0.4, 0.5) is 0 Å². The van der Waals surface area contributed by atoms with Crippen LogP contribution < -0.4 is 0 Å². The molecule has 0 unspecified atom stereocenters. The van der Waals surface area contributed by atoms with Gasteiger partial charge in [0.2, 0.25) is 0 Å². The molecule has 0 N–H and O–H groups in total. The molecule has 0 aliphatic heterocycles. The van der Waals surface area contributed by atoms with Crippen molar-refractivity contribution in [1.82, 2.24) is 4.98 Å². The first-order valence-corrected chi connectivity index (χ1v) is 7.26. The highest BCUT2D eigenvalue weighted by atomic mass is 79.9. The molecular weight excluding hydrogens is 286 g/mol. The van der Waals surface area contributed by atoms with E-state index in [2.05, 4.69) is 51.4 Å². The lowest BCUT2D eigenvalue weighted by molar-refractivity contribution is 0.492. The van der Waals surface area contributed by atoms with Crippen molar-refractivity contribution in [2.45, 2.75) is 17.1 Å². The van der Waals surface area contributed by atoms with Gasteiger partial charge in [0.1, 0.15) is 11.5 Å². The molecule has 0 amide bonds. The maximum Gasteiger partial charge on any atom is 0.191 e. The van der Waals surface area contributed by atoms with Gasteiger partial charge in [-0.25, -0.2) is 4.98 Å². The Hall–Kier alpha value is -0.740. The summed E-state index contributed by atoms with van der Waals surface area (Å²) < 4.78 is 5.51. The van der Waals surface area contributed by atoms with E-state index in [1.807, 2.05) is 6.92 Å². The molecule has 4 heteroatoms. The number of nitrogens with zero attached hydrogens (tertiary/aromatic N) is 1. The number of halogens is 1. The van der Waals surface area contributed by atoms with Crippen LogP contribution in [0.1, 0.15) is 11.7 Å². The molecule has 0 spiro atoms. The second-order valence-corrected chi connectivity index (χ2v) is 4.81. The van der Waals surface area contributed by atoms with Crippen LogP contribution in [0.5, 0.6) is 0 Å². The molecule has 2 aromatic rings. The van der Waals surface area contributed by atoms with E-state index in [1.165, 1.54) is 4.90 Å². The fourth-order valence-corrected chi connectivity index (χ4v) is 2.32. The van der Waals surface area contributed by atoms with E-state index in [4.69, 9.17) is 4.42 Å². The quantitative estimate of drug-likeness (QED) is 0.625. The van der Waals surface area contributed by atoms with Gasteiger partial charge in [-0.2, -0.15) is 0 Å². The Labute approximate surface area is 108 Å². The largest absolute Gasteiger partial charge is 0.444 e. The van der Waals surface area contributed by atoms with Crippen molar-refractivity contribution < 1.29 is 4.42 Å². The minimum absolute atomic E-state index is 0.688. The minimum Gasteiger partial charge on any atom is -0.444 e. The van der Waals surface area contributed by atoms with E-state index < -0.39 is 0 Å². The average Bonchev–Trinajstić information content (AvgIpc) is 2.70. The lowest BCUT2D eigenvalue weighted by Gasteiger charge is -2.00. The molecule has 0 saturated carbocycles. The average molecular weight is 298 g/mol. The van der Waals surface area contributed by atoms with Crippen LogP contribution in [-0.2, 0) is 5.33 Å². The molecule has 0 aliphatic carbocycles. The van der Waals surface area contributed by atoms with E-state index in [0.717, 1.165) is 17.0 Å². The zero-order valence-electron chi connectivity index (χ0n) is 9.16. The molecule has 1 heterocycles. The van der Waals surface area contributed by atoms with Crippen molar-refractivity contribution in [2.75, 3.05) is 6.26 Å². The smallest absolute Gasteiger partial charge is 0.191 e. The predicted octanol–water partition coefficient (Wildman–Crippen LogP) is 4.27. The molecule has 0 radical (unpaired) electrons. The van der Waals surface area contributed by atoms with Crippen molar-refractivity contribution in [3.8, 4) is 11.3 Å². The maximum absolute atomic E-state index is 5.51. The highest BCUT2D eigenvalue weighted by Crippen LogP contribution is 2.27. The molecule has 1 aromatic heterocycles. The van der Waals surface area contributed by atoms with E-state index in [9.17, 15) is 0 Å². The third-order valence-corrected chi connectivity index (χ3v) is 3.54. The van der Waals surface area contributed by atoms with Crippen LogP contribution >= 0.6 is 27.7 Å². The second-order valence-electron chi connectivity index (χ2n) is 3.37.